The van der Waals surface area contributed by atoms with Gasteiger partial charge in [-0.05, 0) is 19.5 Å². The van der Waals surface area contributed by atoms with Crippen LogP contribution in [0.5, 0.6) is 0 Å². The Morgan fingerprint density at radius 2 is 2.28 bits per heavy atom. The van der Waals surface area contributed by atoms with E-state index >= 15 is 0 Å². The number of halogens is 1. The smallest absolute Gasteiger partial charge is 0.128 e. The summed E-state index contributed by atoms with van der Waals surface area (Å²) in [6.07, 6.45) is 1.38. The zero-order valence-electron chi connectivity index (χ0n) is 11.0. The molecule has 1 N–H and O–H groups in total. The predicted molar refractivity (Wildman–Crippen MR) is 70.1 cm³/mol. The van der Waals surface area contributed by atoms with Crippen LogP contribution in [0, 0.1) is 5.82 Å². The van der Waals surface area contributed by atoms with Crippen molar-refractivity contribution in [2.45, 2.75) is 18.6 Å². The number of hydrogen-bond donors (Lipinski definition) is 1. The van der Waals surface area contributed by atoms with Gasteiger partial charge in [0.05, 0.1) is 6.10 Å². The minimum Gasteiger partial charge on any atom is -0.380 e. The van der Waals surface area contributed by atoms with Crippen LogP contribution in [0.2, 0.25) is 0 Å². The number of hydrogen-bond acceptors (Lipinski definition) is 3. The van der Waals surface area contributed by atoms with Crippen LogP contribution < -0.4 is 5.32 Å². The van der Waals surface area contributed by atoms with Gasteiger partial charge in [-0.1, -0.05) is 18.2 Å². The van der Waals surface area contributed by atoms with Crippen LogP contribution in [-0.2, 0) is 4.74 Å². The zero-order valence-corrected chi connectivity index (χ0v) is 11.0. The molecule has 0 radical (unpaired) electrons. The van der Waals surface area contributed by atoms with Gasteiger partial charge in [-0.2, -0.15) is 0 Å². The molecular formula is C14H21FN2O. The van der Waals surface area contributed by atoms with Crippen LogP contribution >= 0.6 is 0 Å². The Balaban J connectivity index is 2.00. The first-order chi connectivity index (χ1) is 8.74. The van der Waals surface area contributed by atoms with Gasteiger partial charge in [-0.25, -0.2) is 4.39 Å². The van der Waals surface area contributed by atoms with Crippen molar-refractivity contribution < 1.29 is 9.13 Å². The predicted octanol–water partition coefficient (Wildman–Crippen LogP) is 1.81. The normalized spacial score (nSPS) is 22.3. The minimum atomic E-state index is -0.140. The molecule has 1 fully saturated rings. The standard InChI is InChI=1S/C14H21FN2O/c1-16-14(12-5-3-4-6-13(12)15)10-17-8-7-11(9-17)18-2/h3-6,11,14,16H,7-10H2,1-2H3. The molecule has 0 saturated carbocycles. The highest BCUT2D eigenvalue weighted by Crippen LogP contribution is 2.20. The molecule has 1 aromatic rings. The van der Waals surface area contributed by atoms with Gasteiger partial charge >= 0.3 is 0 Å². The molecule has 0 aliphatic carbocycles. The minimum absolute atomic E-state index is 0.0295. The molecule has 3 nitrogen and oxygen atoms in total. The fraction of sp³-hybridized carbons (Fsp3) is 0.571. The number of methoxy groups -OCH3 is 1. The van der Waals surface area contributed by atoms with Gasteiger partial charge in [0.2, 0.25) is 0 Å². The van der Waals surface area contributed by atoms with Crippen LogP contribution in [0.1, 0.15) is 18.0 Å². The molecule has 100 valence electrons. The van der Waals surface area contributed by atoms with E-state index in [4.69, 9.17) is 4.74 Å². The molecule has 2 atom stereocenters. The molecule has 2 unspecified atom stereocenters. The fourth-order valence-electron chi connectivity index (χ4n) is 2.52. The van der Waals surface area contributed by atoms with Crippen molar-refractivity contribution in [1.82, 2.24) is 10.2 Å². The van der Waals surface area contributed by atoms with E-state index in [1.807, 2.05) is 19.2 Å². The Kier molecular flexibility index (Phi) is 4.69. The van der Waals surface area contributed by atoms with E-state index in [1.165, 1.54) is 6.07 Å². The summed E-state index contributed by atoms with van der Waals surface area (Å²) >= 11 is 0. The Hall–Kier alpha value is -0.970. The molecule has 4 heteroatoms. The molecule has 18 heavy (non-hydrogen) atoms. The van der Waals surface area contributed by atoms with Gasteiger partial charge in [0.1, 0.15) is 5.82 Å². The quantitative estimate of drug-likeness (QED) is 0.865. The number of nitrogens with zero attached hydrogens (tertiary/aromatic N) is 1. The lowest BCUT2D eigenvalue weighted by atomic mass is 10.1. The van der Waals surface area contributed by atoms with E-state index in [1.54, 1.807) is 13.2 Å². The van der Waals surface area contributed by atoms with E-state index in [0.717, 1.165) is 31.6 Å². The van der Waals surface area contributed by atoms with Crippen molar-refractivity contribution in [3.8, 4) is 0 Å². The summed E-state index contributed by atoms with van der Waals surface area (Å²) in [7, 11) is 3.63. The maximum atomic E-state index is 13.8. The Morgan fingerprint density at radius 1 is 1.50 bits per heavy atom. The number of rotatable bonds is 5. The van der Waals surface area contributed by atoms with Crippen LogP contribution in [0.25, 0.3) is 0 Å². The highest BCUT2D eigenvalue weighted by atomic mass is 19.1. The highest BCUT2D eigenvalue weighted by Gasteiger charge is 2.25. The molecule has 0 aromatic heterocycles. The summed E-state index contributed by atoms with van der Waals surface area (Å²) < 4.78 is 19.1. The number of ether oxygens (including phenoxy) is 1. The summed E-state index contributed by atoms with van der Waals surface area (Å²) in [6, 6.07) is 7.00. The Bertz CT molecular complexity index is 386. The second-order valence-electron chi connectivity index (χ2n) is 4.77. The SMILES string of the molecule is CNC(CN1CCC(OC)C1)c1ccccc1F. The van der Waals surface area contributed by atoms with Crippen molar-refractivity contribution in [2.75, 3.05) is 33.8 Å². The van der Waals surface area contributed by atoms with Crippen molar-refractivity contribution in [3.05, 3.63) is 35.6 Å². The summed E-state index contributed by atoms with van der Waals surface area (Å²) in [5.41, 5.74) is 0.737. The van der Waals surface area contributed by atoms with Crippen molar-refractivity contribution in [3.63, 3.8) is 0 Å². The topological polar surface area (TPSA) is 24.5 Å². The van der Waals surface area contributed by atoms with Gasteiger partial charge < -0.3 is 10.1 Å². The van der Waals surface area contributed by atoms with Crippen LogP contribution in [-0.4, -0.2) is 44.8 Å². The lowest BCUT2D eigenvalue weighted by Crippen LogP contribution is -2.33. The number of benzene rings is 1. The first kappa shape index (κ1) is 13.5. The first-order valence-corrected chi connectivity index (χ1v) is 6.41. The zero-order chi connectivity index (χ0) is 13.0. The maximum Gasteiger partial charge on any atom is 0.128 e. The molecule has 0 spiro atoms. The van der Waals surface area contributed by atoms with Crippen molar-refractivity contribution in [1.29, 1.82) is 0 Å². The molecule has 1 aliphatic heterocycles. The van der Waals surface area contributed by atoms with E-state index in [2.05, 4.69) is 10.2 Å². The largest absolute Gasteiger partial charge is 0.380 e. The van der Waals surface area contributed by atoms with Gasteiger partial charge in [0, 0.05) is 38.3 Å². The molecule has 1 saturated heterocycles. The average Bonchev–Trinajstić information content (AvgIpc) is 2.85. The molecule has 0 amide bonds. The second kappa shape index (κ2) is 6.27. The van der Waals surface area contributed by atoms with Crippen LogP contribution in [0.3, 0.4) is 0 Å². The van der Waals surface area contributed by atoms with Crippen LogP contribution in [0.4, 0.5) is 4.39 Å². The lowest BCUT2D eigenvalue weighted by molar-refractivity contribution is 0.107. The van der Waals surface area contributed by atoms with E-state index in [0.29, 0.717) is 6.10 Å². The van der Waals surface area contributed by atoms with Crippen LogP contribution in [0.15, 0.2) is 24.3 Å². The van der Waals surface area contributed by atoms with Crippen molar-refractivity contribution >= 4 is 0 Å². The Labute approximate surface area is 108 Å². The van der Waals surface area contributed by atoms with Gasteiger partial charge in [-0.15, -0.1) is 0 Å². The lowest BCUT2D eigenvalue weighted by Gasteiger charge is -2.24. The Morgan fingerprint density at radius 3 is 2.89 bits per heavy atom. The molecule has 2 rings (SSSR count). The highest BCUT2D eigenvalue weighted by molar-refractivity contribution is 5.21. The van der Waals surface area contributed by atoms with Gasteiger partial charge in [-0.3, -0.25) is 4.90 Å². The molecule has 0 bridgehead atoms. The van der Waals surface area contributed by atoms with E-state index in [9.17, 15) is 4.39 Å². The summed E-state index contributed by atoms with van der Waals surface area (Å²) in [6.45, 7) is 2.77. The second-order valence-corrected chi connectivity index (χ2v) is 4.77. The monoisotopic (exact) mass is 252 g/mol. The number of likely N-dealkylation sites (tertiary alicyclic amines) is 1. The van der Waals surface area contributed by atoms with E-state index < -0.39 is 0 Å². The average molecular weight is 252 g/mol. The first-order valence-electron chi connectivity index (χ1n) is 6.41. The van der Waals surface area contributed by atoms with E-state index in [-0.39, 0.29) is 11.9 Å². The summed E-state index contributed by atoms with van der Waals surface area (Å²) in [5.74, 6) is -0.140. The van der Waals surface area contributed by atoms with Gasteiger partial charge in [0.15, 0.2) is 0 Å². The summed E-state index contributed by atoms with van der Waals surface area (Å²) in [4.78, 5) is 2.32. The number of nitrogens with one attached hydrogen (secondary N) is 1. The molecule has 1 aliphatic rings. The third-order valence-corrected chi connectivity index (χ3v) is 3.63. The molecule has 1 heterocycles. The third kappa shape index (κ3) is 3.07. The number of likely N-dealkylation sites (N-methyl/N-ethyl adjacent to an activating group) is 1. The molecule has 1 aromatic carbocycles. The maximum absolute atomic E-state index is 13.8. The fourth-order valence-corrected chi connectivity index (χ4v) is 2.52. The van der Waals surface area contributed by atoms with Crippen molar-refractivity contribution in [2.24, 2.45) is 0 Å². The molecular weight excluding hydrogens is 231 g/mol. The summed E-state index contributed by atoms with van der Waals surface area (Å²) in [5, 5.41) is 3.20. The van der Waals surface area contributed by atoms with Gasteiger partial charge in [0.25, 0.3) is 0 Å². The third-order valence-electron chi connectivity index (χ3n) is 3.63.